The molecular formula is C20H31Cl2N5O2. The molecule has 2 aliphatic rings. The molecule has 9 heteroatoms. The highest BCUT2D eigenvalue weighted by Gasteiger charge is 2.21. The third-order valence-corrected chi connectivity index (χ3v) is 5.58. The Morgan fingerprint density at radius 3 is 2.41 bits per heavy atom. The highest BCUT2D eigenvalue weighted by molar-refractivity contribution is 5.85. The van der Waals surface area contributed by atoms with E-state index in [1.807, 2.05) is 30.3 Å². The second-order valence-corrected chi connectivity index (χ2v) is 7.44. The highest BCUT2D eigenvalue weighted by Crippen LogP contribution is 2.18. The Morgan fingerprint density at radius 1 is 1.03 bits per heavy atom. The lowest BCUT2D eigenvalue weighted by atomic mass is 9.94. The van der Waals surface area contributed by atoms with E-state index in [2.05, 4.69) is 10.2 Å². The summed E-state index contributed by atoms with van der Waals surface area (Å²) in [5.74, 6) is 1.48. The number of para-hydroxylation sites is 1. The summed E-state index contributed by atoms with van der Waals surface area (Å²) < 4.78 is 8.86. The van der Waals surface area contributed by atoms with Gasteiger partial charge in [-0.3, -0.25) is 4.90 Å². The minimum Gasteiger partial charge on any atom is -0.379 e. The zero-order valence-corrected chi connectivity index (χ0v) is 18.3. The number of piperidine rings is 1. The van der Waals surface area contributed by atoms with E-state index in [4.69, 9.17) is 9.84 Å². The van der Waals surface area contributed by atoms with Crippen molar-refractivity contribution >= 4 is 24.8 Å². The SMILES string of the molecule is Cl.Cl.O=c1n(CCN2CCOCC2)nc(CC2CCNCC2)n1-c1ccccc1. The topological polar surface area (TPSA) is 64.3 Å². The fourth-order valence-corrected chi connectivity index (χ4v) is 3.97. The van der Waals surface area contributed by atoms with Crippen molar-refractivity contribution < 1.29 is 4.74 Å². The number of morpholine rings is 1. The summed E-state index contributed by atoms with van der Waals surface area (Å²) in [4.78, 5) is 15.4. The molecule has 0 saturated carbocycles. The van der Waals surface area contributed by atoms with E-state index in [1.165, 1.54) is 0 Å². The molecule has 3 heterocycles. The minimum absolute atomic E-state index is 0. The molecule has 2 aromatic rings. The maximum atomic E-state index is 13.1. The minimum atomic E-state index is -0.0293. The van der Waals surface area contributed by atoms with Crippen molar-refractivity contribution in [3.63, 3.8) is 0 Å². The van der Waals surface area contributed by atoms with Crippen LogP contribution in [0.15, 0.2) is 35.1 Å². The number of benzene rings is 1. The lowest BCUT2D eigenvalue weighted by Gasteiger charge is -2.26. The van der Waals surface area contributed by atoms with Crippen molar-refractivity contribution in [1.82, 2.24) is 24.6 Å². The van der Waals surface area contributed by atoms with Gasteiger partial charge in [0.15, 0.2) is 0 Å². The third kappa shape index (κ3) is 6.06. The molecule has 1 aromatic carbocycles. The van der Waals surface area contributed by atoms with Crippen LogP contribution >= 0.6 is 24.8 Å². The number of ether oxygens (including phenoxy) is 1. The monoisotopic (exact) mass is 443 g/mol. The van der Waals surface area contributed by atoms with Crippen LogP contribution in [0.3, 0.4) is 0 Å². The quantitative estimate of drug-likeness (QED) is 0.736. The van der Waals surface area contributed by atoms with Crippen molar-refractivity contribution in [2.75, 3.05) is 45.9 Å². The van der Waals surface area contributed by atoms with Crippen LogP contribution in [0.1, 0.15) is 18.7 Å². The van der Waals surface area contributed by atoms with E-state index in [1.54, 1.807) is 9.25 Å². The van der Waals surface area contributed by atoms with Crippen molar-refractivity contribution in [2.24, 2.45) is 5.92 Å². The van der Waals surface area contributed by atoms with Gasteiger partial charge in [-0.15, -0.1) is 24.8 Å². The molecule has 2 aliphatic heterocycles. The van der Waals surface area contributed by atoms with Gasteiger partial charge in [0.2, 0.25) is 0 Å². The van der Waals surface area contributed by atoms with Gasteiger partial charge < -0.3 is 10.1 Å². The predicted molar refractivity (Wildman–Crippen MR) is 119 cm³/mol. The largest absolute Gasteiger partial charge is 0.379 e. The van der Waals surface area contributed by atoms with E-state index in [0.29, 0.717) is 12.5 Å². The third-order valence-electron chi connectivity index (χ3n) is 5.58. The summed E-state index contributed by atoms with van der Waals surface area (Å²) in [6, 6.07) is 9.90. The van der Waals surface area contributed by atoms with Crippen LogP contribution < -0.4 is 11.0 Å². The van der Waals surface area contributed by atoms with Gasteiger partial charge in [-0.1, -0.05) is 18.2 Å². The van der Waals surface area contributed by atoms with Crippen LogP contribution in [0.4, 0.5) is 0 Å². The Morgan fingerprint density at radius 2 is 1.72 bits per heavy atom. The van der Waals surface area contributed by atoms with Gasteiger partial charge in [0.1, 0.15) is 5.82 Å². The molecule has 0 spiro atoms. The Labute approximate surface area is 184 Å². The van der Waals surface area contributed by atoms with E-state index >= 15 is 0 Å². The molecule has 0 aliphatic carbocycles. The second-order valence-electron chi connectivity index (χ2n) is 7.44. The zero-order chi connectivity index (χ0) is 18.5. The number of aromatic nitrogens is 3. The molecular weight excluding hydrogens is 413 g/mol. The van der Waals surface area contributed by atoms with Gasteiger partial charge in [-0.2, -0.15) is 5.10 Å². The van der Waals surface area contributed by atoms with E-state index in [9.17, 15) is 4.79 Å². The number of nitrogens with one attached hydrogen (secondary N) is 1. The first-order valence-corrected chi connectivity index (χ1v) is 10.1. The molecule has 1 aromatic heterocycles. The molecule has 4 rings (SSSR count). The van der Waals surface area contributed by atoms with E-state index in [-0.39, 0.29) is 30.5 Å². The van der Waals surface area contributed by atoms with Crippen LogP contribution in [0, 0.1) is 5.92 Å². The summed E-state index contributed by atoms with van der Waals surface area (Å²) in [6.45, 7) is 6.96. The molecule has 7 nitrogen and oxygen atoms in total. The van der Waals surface area contributed by atoms with Crippen molar-refractivity contribution in [3.8, 4) is 5.69 Å². The summed E-state index contributed by atoms with van der Waals surface area (Å²) >= 11 is 0. The molecule has 0 atom stereocenters. The first-order chi connectivity index (χ1) is 13.3. The molecule has 29 heavy (non-hydrogen) atoms. The molecule has 2 fully saturated rings. The number of hydrogen-bond donors (Lipinski definition) is 1. The van der Waals surface area contributed by atoms with E-state index < -0.39 is 0 Å². The smallest absolute Gasteiger partial charge is 0.350 e. The Hall–Kier alpha value is -1.38. The molecule has 0 bridgehead atoms. The van der Waals surface area contributed by atoms with Crippen LogP contribution in [-0.2, 0) is 17.7 Å². The van der Waals surface area contributed by atoms with Gasteiger partial charge in [-0.05, 0) is 44.0 Å². The van der Waals surface area contributed by atoms with Gasteiger partial charge in [-0.25, -0.2) is 14.0 Å². The van der Waals surface area contributed by atoms with Crippen molar-refractivity contribution in [3.05, 3.63) is 46.6 Å². The van der Waals surface area contributed by atoms with Crippen LogP contribution in [0.25, 0.3) is 5.69 Å². The van der Waals surface area contributed by atoms with Gasteiger partial charge in [0.05, 0.1) is 25.4 Å². The van der Waals surface area contributed by atoms with Gasteiger partial charge >= 0.3 is 5.69 Å². The summed E-state index contributed by atoms with van der Waals surface area (Å²) in [5, 5.41) is 8.16. The molecule has 2 saturated heterocycles. The van der Waals surface area contributed by atoms with E-state index in [0.717, 1.165) is 76.7 Å². The molecule has 0 unspecified atom stereocenters. The van der Waals surface area contributed by atoms with Crippen LogP contribution in [0.5, 0.6) is 0 Å². The second kappa shape index (κ2) is 11.7. The fourth-order valence-electron chi connectivity index (χ4n) is 3.97. The fraction of sp³-hybridized carbons (Fsp3) is 0.600. The summed E-state index contributed by atoms with van der Waals surface area (Å²) in [6.07, 6.45) is 3.14. The zero-order valence-electron chi connectivity index (χ0n) is 16.7. The lowest BCUT2D eigenvalue weighted by molar-refractivity contribution is 0.0358. The average molecular weight is 444 g/mol. The number of halogens is 2. The maximum absolute atomic E-state index is 13.1. The molecule has 0 radical (unpaired) electrons. The first kappa shape index (κ1) is 23.9. The Bertz CT molecular complexity index is 784. The van der Waals surface area contributed by atoms with Gasteiger partial charge in [0, 0.05) is 26.1 Å². The maximum Gasteiger partial charge on any atom is 0.350 e. The molecule has 0 amide bonds. The number of nitrogens with zero attached hydrogens (tertiary/aromatic N) is 4. The highest BCUT2D eigenvalue weighted by atomic mass is 35.5. The van der Waals surface area contributed by atoms with Crippen LogP contribution in [-0.4, -0.2) is 65.2 Å². The normalized spacial score (nSPS) is 18.1. The Balaban J connectivity index is 0.00000150. The molecule has 1 N–H and O–H groups in total. The predicted octanol–water partition coefficient (Wildman–Crippen LogP) is 1.75. The van der Waals surface area contributed by atoms with Crippen molar-refractivity contribution in [1.29, 1.82) is 0 Å². The average Bonchev–Trinajstić information content (AvgIpc) is 3.03. The standard InChI is InChI=1S/C20H29N5O2.2ClH/c26-20-24(11-10-23-12-14-27-15-13-23)22-19(16-17-6-8-21-9-7-17)25(20)18-4-2-1-3-5-18;;/h1-5,17,21H,6-16H2;2*1H. The first-order valence-electron chi connectivity index (χ1n) is 10.1. The molecule has 162 valence electrons. The van der Waals surface area contributed by atoms with Crippen molar-refractivity contribution in [2.45, 2.75) is 25.8 Å². The number of rotatable bonds is 6. The van der Waals surface area contributed by atoms with Crippen LogP contribution in [0.2, 0.25) is 0 Å². The lowest BCUT2D eigenvalue weighted by Crippen LogP contribution is -2.39. The number of hydrogen-bond acceptors (Lipinski definition) is 5. The van der Waals surface area contributed by atoms with Gasteiger partial charge in [0.25, 0.3) is 0 Å². The summed E-state index contributed by atoms with van der Waals surface area (Å²) in [5.41, 5.74) is 0.877. The Kier molecular flexibility index (Phi) is 9.65. The summed E-state index contributed by atoms with van der Waals surface area (Å²) in [7, 11) is 0.